The number of ether oxygens (including phenoxy) is 1. The molecule has 0 unspecified atom stereocenters. The standard InChI is InChI=1S/C19H25N3O2/c1-21-13-11-20-19(21)16-7-5-12-22(14-16)18(23)10-9-15-6-3-4-8-17(15)24-2/h3-4,6,8,11,13,16H,5,7,9-10,12,14H2,1-2H3/t16-/m1/s1. The highest BCUT2D eigenvalue weighted by molar-refractivity contribution is 5.76. The number of amides is 1. The van der Waals surface area contributed by atoms with Gasteiger partial charge in [0.1, 0.15) is 11.6 Å². The number of para-hydroxylation sites is 1. The molecule has 1 fully saturated rings. The van der Waals surface area contributed by atoms with Crippen LogP contribution in [-0.2, 0) is 18.3 Å². The van der Waals surface area contributed by atoms with Crippen LogP contribution in [0.4, 0.5) is 0 Å². The van der Waals surface area contributed by atoms with Crippen molar-refractivity contribution in [2.45, 2.75) is 31.6 Å². The zero-order valence-electron chi connectivity index (χ0n) is 14.4. The maximum absolute atomic E-state index is 12.6. The number of rotatable bonds is 5. The smallest absolute Gasteiger partial charge is 0.222 e. The van der Waals surface area contributed by atoms with E-state index in [4.69, 9.17) is 4.74 Å². The molecule has 1 aliphatic heterocycles. The van der Waals surface area contributed by atoms with Gasteiger partial charge in [0.2, 0.25) is 5.91 Å². The van der Waals surface area contributed by atoms with Gasteiger partial charge in [-0.05, 0) is 30.9 Å². The number of hydrogen-bond donors (Lipinski definition) is 0. The van der Waals surface area contributed by atoms with E-state index in [1.165, 1.54) is 0 Å². The predicted octanol–water partition coefficient (Wildman–Crippen LogP) is 2.77. The average molecular weight is 327 g/mol. The summed E-state index contributed by atoms with van der Waals surface area (Å²) in [6.45, 7) is 1.63. The Bertz CT molecular complexity index is 695. The maximum Gasteiger partial charge on any atom is 0.222 e. The Morgan fingerprint density at radius 1 is 1.38 bits per heavy atom. The fraction of sp³-hybridized carbons (Fsp3) is 0.474. The van der Waals surface area contributed by atoms with Crippen molar-refractivity contribution in [2.24, 2.45) is 7.05 Å². The van der Waals surface area contributed by atoms with Crippen LogP contribution >= 0.6 is 0 Å². The third-order valence-electron chi connectivity index (χ3n) is 4.80. The Hall–Kier alpha value is -2.30. The molecule has 0 spiro atoms. The molecule has 1 amide bonds. The molecule has 0 saturated carbocycles. The zero-order chi connectivity index (χ0) is 16.9. The van der Waals surface area contributed by atoms with Crippen LogP contribution < -0.4 is 4.74 Å². The molecule has 24 heavy (non-hydrogen) atoms. The van der Waals surface area contributed by atoms with Gasteiger partial charge in [-0.3, -0.25) is 4.79 Å². The van der Waals surface area contributed by atoms with Gasteiger partial charge in [-0.1, -0.05) is 18.2 Å². The third-order valence-corrected chi connectivity index (χ3v) is 4.80. The fourth-order valence-corrected chi connectivity index (χ4v) is 3.49. The molecule has 1 aromatic carbocycles. The van der Waals surface area contributed by atoms with Crippen molar-refractivity contribution >= 4 is 5.91 Å². The zero-order valence-corrected chi connectivity index (χ0v) is 14.4. The van der Waals surface area contributed by atoms with E-state index in [1.807, 2.05) is 48.6 Å². The summed E-state index contributed by atoms with van der Waals surface area (Å²) in [5, 5.41) is 0. The summed E-state index contributed by atoms with van der Waals surface area (Å²) >= 11 is 0. The molecule has 0 radical (unpaired) electrons. The fourth-order valence-electron chi connectivity index (χ4n) is 3.49. The van der Waals surface area contributed by atoms with E-state index in [0.29, 0.717) is 18.8 Å². The van der Waals surface area contributed by atoms with Crippen LogP contribution in [0.15, 0.2) is 36.7 Å². The highest BCUT2D eigenvalue weighted by atomic mass is 16.5. The van der Waals surface area contributed by atoms with E-state index < -0.39 is 0 Å². The second-order valence-electron chi connectivity index (χ2n) is 6.39. The van der Waals surface area contributed by atoms with Crippen LogP contribution in [-0.4, -0.2) is 40.6 Å². The first-order valence-corrected chi connectivity index (χ1v) is 8.56. The molecule has 0 bridgehead atoms. The van der Waals surface area contributed by atoms with Crippen molar-refractivity contribution in [2.75, 3.05) is 20.2 Å². The monoisotopic (exact) mass is 327 g/mol. The summed E-state index contributed by atoms with van der Waals surface area (Å²) in [4.78, 5) is 19.1. The molecule has 3 rings (SSSR count). The molecule has 0 aliphatic carbocycles. The summed E-state index contributed by atoms with van der Waals surface area (Å²) in [5.74, 6) is 2.50. The predicted molar refractivity (Wildman–Crippen MR) is 93.1 cm³/mol. The maximum atomic E-state index is 12.6. The summed E-state index contributed by atoms with van der Waals surface area (Å²) in [6.07, 6.45) is 7.18. The van der Waals surface area contributed by atoms with Crippen molar-refractivity contribution in [1.82, 2.24) is 14.5 Å². The molecule has 1 atom stereocenters. The third kappa shape index (κ3) is 3.61. The molecule has 1 aliphatic rings. The van der Waals surface area contributed by atoms with Crippen LogP contribution in [0.1, 0.15) is 36.6 Å². The average Bonchev–Trinajstić information content (AvgIpc) is 3.06. The highest BCUT2D eigenvalue weighted by Gasteiger charge is 2.26. The molecule has 1 aromatic heterocycles. The highest BCUT2D eigenvalue weighted by Crippen LogP contribution is 2.26. The van der Waals surface area contributed by atoms with Gasteiger partial charge in [-0.2, -0.15) is 0 Å². The molecule has 128 valence electrons. The lowest BCUT2D eigenvalue weighted by molar-refractivity contribution is -0.132. The van der Waals surface area contributed by atoms with Crippen molar-refractivity contribution in [3.8, 4) is 5.75 Å². The summed E-state index contributed by atoms with van der Waals surface area (Å²) in [5.41, 5.74) is 1.09. The Labute approximate surface area is 143 Å². The van der Waals surface area contributed by atoms with E-state index in [1.54, 1.807) is 7.11 Å². The SMILES string of the molecule is COc1ccccc1CCC(=O)N1CCC[C@@H](c2nccn2C)C1. The first-order valence-electron chi connectivity index (χ1n) is 8.56. The normalized spacial score (nSPS) is 17.8. The number of methoxy groups -OCH3 is 1. The van der Waals surface area contributed by atoms with Crippen molar-refractivity contribution in [3.63, 3.8) is 0 Å². The molecule has 5 nitrogen and oxygen atoms in total. The molecular formula is C19H25N3O2. The number of hydrogen-bond acceptors (Lipinski definition) is 3. The van der Waals surface area contributed by atoms with Gasteiger partial charge in [-0.25, -0.2) is 4.98 Å². The van der Waals surface area contributed by atoms with Crippen LogP contribution in [0.3, 0.4) is 0 Å². The molecular weight excluding hydrogens is 302 g/mol. The second kappa shape index (κ2) is 7.51. The number of aromatic nitrogens is 2. The topological polar surface area (TPSA) is 47.4 Å². The van der Waals surface area contributed by atoms with E-state index in [0.717, 1.165) is 43.1 Å². The second-order valence-corrected chi connectivity index (χ2v) is 6.39. The number of nitrogens with zero attached hydrogens (tertiary/aromatic N) is 3. The first kappa shape index (κ1) is 16.6. The van der Waals surface area contributed by atoms with Crippen molar-refractivity contribution in [1.29, 1.82) is 0 Å². The van der Waals surface area contributed by atoms with Gasteiger partial charge < -0.3 is 14.2 Å². The molecule has 5 heteroatoms. The van der Waals surface area contributed by atoms with Crippen LogP contribution in [0.5, 0.6) is 5.75 Å². The van der Waals surface area contributed by atoms with Gasteiger partial charge in [0.25, 0.3) is 0 Å². The molecule has 2 heterocycles. The number of carbonyl (C=O) groups is 1. The van der Waals surface area contributed by atoms with Gasteiger partial charge in [-0.15, -0.1) is 0 Å². The van der Waals surface area contributed by atoms with Crippen molar-refractivity contribution < 1.29 is 9.53 Å². The number of carbonyl (C=O) groups excluding carboxylic acids is 1. The van der Waals surface area contributed by atoms with Crippen molar-refractivity contribution in [3.05, 3.63) is 48.0 Å². The van der Waals surface area contributed by atoms with Gasteiger partial charge >= 0.3 is 0 Å². The first-order chi connectivity index (χ1) is 11.7. The number of imidazole rings is 1. The number of piperidine rings is 1. The molecule has 1 saturated heterocycles. The summed E-state index contributed by atoms with van der Waals surface area (Å²) < 4.78 is 7.43. The summed E-state index contributed by atoms with van der Waals surface area (Å²) in [6, 6.07) is 7.91. The number of likely N-dealkylation sites (tertiary alicyclic amines) is 1. The Morgan fingerprint density at radius 3 is 2.96 bits per heavy atom. The molecule has 2 aromatic rings. The van der Waals surface area contributed by atoms with E-state index in [9.17, 15) is 4.79 Å². The quantitative estimate of drug-likeness (QED) is 0.848. The summed E-state index contributed by atoms with van der Waals surface area (Å²) in [7, 11) is 3.69. The largest absolute Gasteiger partial charge is 0.496 e. The minimum absolute atomic E-state index is 0.222. The Morgan fingerprint density at radius 2 is 2.21 bits per heavy atom. The van der Waals surface area contributed by atoms with Gasteiger partial charge in [0.05, 0.1) is 7.11 Å². The van der Waals surface area contributed by atoms with Crippen LogP contribution in [0, 0.1) is 0 Å². The van der Waals surface area contributed by atoms with Gasteiger partial charge in [0.15, 0.2) is 0 Å². The lowest BCUT2D eigenvalue weighted by atomic mass is 9.96. The molecule has 0 N–H and O–H groups in total. The van der Waals surface area contributed by atoms with Crippen LogP contribution in [0.25, 0.3) is 0 Å². The van der Waals surface area contributed by atoms with E-state index >= 15 is 0 Å². The van der Waals surface area contributed by atoms with Crippen LogP contribution in [0.2, 0.25) is 0 Å². The Kier molecular flexibility index (Phi) is 5.18. The van der Waals surface area contributed by atoms with Gasteiger partial charge in [0, 0.05) is 44.9 Å². The minimum atomic E-state index is 0.222. The lowest BCUT2D eigenvalue weighted by Crippen LogP contribution is -2.39. The minimum Gasteiger partial charge on any atom is -0.496 e. The number of aryl methyl sites for hydroxylation is 2. The van der Waals surface area contributed by atoms with E-state index in [2.05, 4.69) is 9.55 Å². The Balaban J connectivity index is 1.59. The lowest BCUT2D eigenvalue weighted by Gasteiger charge is -2.32. The van der Waals surface area contributed by atoms with E-state index in [-0.39, 0.29) is 5.91 Å². The number of benzene rings is 1.